The van der Waals surface area contributed by atoms with Crippen LogP contribution in [0.4, 0.5) is 4.79 Å². The number of hydrogen-bond acceptors (Lipinski definition) is 3. The Kier molecular flexibility index (Phi) is 4.07. The van der Waals surface area contributed by atoms with Crippen molar-refractivity contribution in [2.24, 2.45) is 5.92 Å². The third-order valence-corrected chi connectivity index (χ3v) is 3.07. The summed E-state index contributed by atoms with van der Waals surface area (Å²) >= 11 is 0. The second-order valence-corrected chi connectivity index (χ2v) is 5.59. The van der Waals surface area contributed by atoms with Crippen LogP contribution in [-0.2, 0) is 4.74 Å². The van der Waals surface area contributed by atoms with E-state index in [4.69, 9.17) is 4.74 Å². The normalized spacial score (nSPS) is 32.1. The number of amides is 1. The number of carbonyl (C=O) groups excluding carboxylic acids is 1. The van der Waals surface area contributed by atoms with Crippen LogP contribution in [0.5, 0.6) is 0 Å². The smallest absolute Gasteiger partial charge is 0.407 e. The SMILES string of the molecule is CC(C)(C)OC(=O)NC1CC2CC1CN2.Cl. The number of hydrogen-bond donors (Lipinski definition) is 2. The largest absolute Gasteiger partial charge is 0.444 e. The van der Waals surface area contributed by atoms with Crippen molar-refractivity contribution in [1.82, 2.24) is 10.6 Å². The molecular formula is C11H21ClN2O2. The van der Waals surface area contributed by atoms with Crippen LogP contribution in [0.3, 0.4) is 0 Å². The monoisotopic (exact) mass is 248 g/mol. The molecule has 2 N–H and O–H groups in total. The predicted molar refractivity (Wildman–Crippen MR) is 64.9 cm³/mol. The molecule has 0 aromatic rings. The van der Waals surface area contributed by atoms with Crippen molar-refractivity contribution in [2.45, 2.75) is 51.3 Å². The van der Waals surface area contributed by atoms with Gasteiger partial charge in [-0.25, -0.2) is 4.79 Å². The van der Waals surface area contributed by atoms with Crippen LogP contribution in [0.1, 0.15) is 33.6 Å². The number of nitrogens with one attached hydrogen (secondary N) is 2. The maximum absolute atomic E-state index is 11.5. The van der Waals surface area contributed by atoms with Gasteiger partial charge in [-0.2, -0.15) is 0 Å². The summed E-state index contributed by atoms with van der Waals surface area (Å²) < 4.78 is 5.24. The standard InChI is InChI=1S/C11H20N2O2.ClH/c1-11(2,3)15-10(14)13-9-5-8-4-7(9)6-12-8;/h7-9,12H,4-6H2,1-3H3,(H,13,14);1H. The summed E-state index contributed by atoms with van der Waals surface area (Å²) in [5.41, 5.74) is -0.403. The molecule has 1 aliphatic heterocycles. The number of ether oxygens (including phenoxy) is 1. The first-order valence-corrected chi connectivity index (χ1v) is 5.67. The van der Waals surface area contributed by atoms with Crippen LogP contribution in [0.2, 0.25) is 0 Å². The van der Waals surface area contributed by atoms with Crippen LogP contribution in [0.15, 0.2) is 0 Å². The Morgan fingerprint density at radius 3 is 2.50 bits per heavy atom. The Morgan fingerprint density at radius 1 is 1.38 bits per heavy atom. The molecule has 2 rings (SSSR count). The van der Waals surface area contributed by atoms with Crippen LogP contribution in [0, 0.1) is 5.92 Å². The number of piperidine rings is 1. The van der Waals surface area contributed by atoms with Crippen molar-refractivity contribution in [3.8, 4) is 0 Å². The summed E-state index contributed by atoms with van der Waals surface area (Å²) in [6.07, 6.45) is 1.96. The lowest BCUT2D eigenvalue weighted by Gasteiger charge is -2.26. The molecule has 16 heavy (non-hydrogen) atoms. The van der Waals surface area contributed by atoms with Crippen molar-refractivity contribution in [3.05, 3.63) is 0 Å². The first-order valence-electron chi connectivity index (χ1n) is 5.67. The lowest BCUT2D eigenvalue weighted by atomic mass is 10.0. The van der Waals surface area contributed by atoms with Gasteiger partial charge in [0.1, 0.15) is 5.60 Å². The molecule has 1 saturated carbocycles. The molecule has 3 unspecified atom stereocenters. The molecule has 1 aliphatic carbocycles. The van der Waals surface area contributed by atoms with Crippen molar-refractivity contribution in [2.75, 3.05) is 6.54 Å². The fourth-order valence-electron chi connectivity index (χ4n) is 2.47. The van der Waals surface area contributed by atoms with Gasteiger partial charge in [0.15, 0.2) is 0 Å². The van der Waals surface area contributed by atoms with Crippen LogP contribution in [0.25, 0.3) is 0 Å². The maximum Gasteiger partial charge on any atom is 0.407 e. The zero-order chi connectivity index (χ0) is 11.1. The highest BCUT2D eigenvalue weighted by Crippen LogP contribution is 2.31. The van der Waals surface area contributed by atoms with E-state index in [1.165, 1.54) is 6.42 Å². The first kappa shape index (κ1) is 13.6. The second kappa shape index (κ2) is 4.80. The van der Waals surface area contributed by atoms with E-state index in [-0.39, 0.29) is 18.5 Å². The summed E-state index contributed by atoms with van der Waals surface area (Å²) in [6, 6.07) is 0.918. The number of fused-ring (bicyclic) bond motifs is 2. The molecule has 1 heterocycles. The quantitative estimate of drug-likeness (QED) is 0.743. The van der Waals surface area contributed by atoms with Gasteiger partial charge < -0.3 is 15.4 Å². The highest BCUT2D eigenvalue weighted by Gasteiger charge is 2.40. The molecule has 0 aromatic heterocycles. The molecule has 1 amide bonds. The van der Waals surface area contributed by atoms with Gasteiger partial charge in [0.05, 0.1) is 0 Å². The zero-order valence-corrected chi connectivity index (χ0v) is 10.9. The van der Waals surface area contributed by atoms with Gasteiger partial charge in [0.25, 0.3) is 0 Å². The molecule has 2 bridgehead atoms. The highest BCUT2D eigenvalue weighted by molar-refractivity contribution is 5.85. The van der Waals surface area contributed by atoms with Crippen LogP contribution in [-0.4, -0.2) is 30.3 Å². The highest BCUT2D eigenvalue weighted by atomic mass is 35.5. The molecule has 4 nitrogen and oxygen atoms in total. The van der Waals surface area contributed by atoms with E-state index in [0.29, 0.717) is 18.0 Å². The van der Waals surface area contributed by atoms with Crippen LogP contribution < -0.4 is 10.6 Å². The number of rotatable bonds is 1. The number of carbonyl (C=O) groups is 1. The van der Waals surface area contributed by atoms with Crippen LogP contribution >= 0.6 is 12.4 Å². The average Bonchev–Trinajstić information content (AvgIpc) is 2.60. The van der Waals surface area contributed by atoms with Gasteiger partial charge in [0, 0.05) is 18.6 Å². The van der Waals surface area contributed by atoms with E-state index in [1.807, 2.05) is 20.8 Å². The van der Waals surface area contributed by atoms with Crippen molar-refractivity contribution >= 4 is 18.5 Å². The molecule has 0 aromatic carbocycles. The van der Waals surface area contributed by atoms with Crippen molar-refractivity contribution in [1.29, 1.82) is 0 Å². The molecule has 2 fully saturated rings. The van der Waals surface area contributed by atoms with E-state index in [2.05, 4.69) is 10.6 Å². The molecule has 2 aliphatic rings. The number of halogens is 1. The van der Waals surface area contributed by atoms with Gasteiger partial charge in [-0.1, -0.05) is 0 Å². The van der Waals surface area contributed by atoms with E-state index in [1.54, 1.807) is 0 Å². The minimum atomic E-state index is -0.403. The Bertz CT molecular complexity index is 265. The van der Waals surface area contributed by atoms with Gasteiger partial charge in [-0.15, -0.1) is 12.4 Å². The molecule has 0 radical (unpaired) electrons. The lowest BCUT2D eigenvalue weighted by Crippen LogP contribution is -2.45. The predicted octanol–water partition coefficient (Wildman–Crippen LogP) is 1.68. The van der Waals surface area contributed by atoms with Gasteiger partial charge in [-0.3, -0.25) is 0 Å². The van der Waals surface area contributed by atoms with E-state index < -0.39 is 5.60 Å². The fourth-order valence-corrected chi connectivity index (χ4v) is 2.47. The first-order chi connectivity index (χ1) is 6.94. The average molecular weight is 249 g/mol. The zero-order valence-electron chi connectivity index (χ0n) is 10.1. The lowest BCUT2D eigenvalue weighted by molar-refractivity contribution is 0.0490. The maximum atomic E-state index is 11.5. The second-order valence-electron chi connectivity index (χ2n) is 5.59. The third-order valence-electron chi connectivity index (χ3n) is 3.07. The van der Waals surface area contributed by atoms with Gasteiger partial charge >= 0.3 is 6.09 Å². The van der Waals surface area contributed by atoms with Crippen molar-refractivity contribution in [3.63, 3.8) is 0 Å². The summed E-state index contributed by atoms with van der Waals surface area (Å²) in [5.74, 6) is 0.600. The Labute approximate surface area is 103 Å². The summed E-state index contributed by atoms with van der Waals surface area (Å²) in [5, 5.41) is 6.38. The summed E-state index contributed by atoms with van der Waals surface area (Å²) in [7, 11) is 0. The van der Waals surface area contributed by atoms with Gasteiger partial charge in [0.2, 0.25) is 0 Å². The molecule has 0 spiro atoms. The van der Waals surface area contributed by atoms with E-state index >= 15 is 0 Å². The Morgan fingerprint density at radius 2 is 2.06 bits per heavy atom. The minimum absolute atomic E-state index is 0. The summed E-state index contributed by atoms with van der Waals surface area (Å²) in [4.78, 5) is 11.5. The fraction of sp³-hybridized carbons (Fsp3) is 0.909. The van der Waals surface area contributed by atoms with Gasteiger partial charge in [-0.05, 0) is 39.5 Å². The summed E-state index contributed by atoms with van der Waals surface area (Å²) in [6.45, 7) is 6.68. The molecule has 5 heteroatoms. The number of alkyl carbamates (subject to hydrolysis) is 1. The van der Waals surface area contributed by atoms with Crippen molar-refractivity contribution < 1.29 is 9.53 Å². The third kappa shape index (κ3) is 3.25. The van der Waals surface area contributed by atoms with E-state index in [0.717, 1.165) is 13.0 Å². The topological polar surface area (TPSA) is 50.4 Å². The molecule has 1 saturated heterocycles. The molecular weight excluding hydrogens is 228 g/mol. The Balaban J connectivity index is 0.00000128. The molecule has 94 valence electrons. The minimum Gasteiger partial charge on any atom is -0.444 e. The Hall–Kier alpha value is -0.480. The molecule has 3 atom stereocenters. The van der Waals surface area contributed by atoms with E-state index in [9.17, 15) is 4.79 Å².